The lowest BCUT2D eigenvalue weighted by Crippen LogP contribution is -2.13. The second kappa shape index (κ2) is 7.00. The number of hydrogen-bond donors (Lipinski definition) is 1. The molecule has 0 spiro atoms. The zero-order chi connectivity index (χ0) is 16.9. The third kappa shape index (κ3) is 3.15. The number of para-hydroxylation sites is 2. The molecule has 0 saturated carbocycles. The largest absolute Gasteiger partial charge is 0.496 e. The predicted molar refractivity (Wildman–Crippen MR) is 92.3 cm³/mol. The lowest BCUT2D eigenvalue weighted by atomic mass is 10.1. The van der Waals surface area contributed by atoms with E-state index in [1.807, 2.05) is 55.5 Å². The summed E-state index contributed by atoms with van der Waals surface area (Å²) < 4.78 is 10.6. The molecule has 0 aliphatic carbocycles. The van der Waals surface area contributed by atoms with Crippen LogP contribution in [0.2, 0.25) is 0 Å². The number of ether oxygens (including phenoxy) is 1. The molecule has 3 aromatic rings. The molecule has 0 aliphatic rings. The molecule has 1 N–H and O–H groups in total. The normalized spacial score (nSPS) is 10.4. The minimum absolute atomic E-state index is 0.224. The first-order valence-corrected chi connectivity index (χ1v) is 7.72. The third-order valence-corrected chi connectivity index (χ3v) is 3.76. The van der Waals surface area contributed by atoms with Crippen LogP contribution in [0, 0.1) is 0 Å². The molecule has 0 atom stereocenters. The molecular formula is C19H18N2O3. The molecule has 122 valence electrons. The highest BCUT2D eigenvalue weighted by atomic mass is 16.5. The van der Waals surface area contributed by atoms with Gasteiger partial charge in [0.2, 0.25) is 0 Å². The van der Waals surface area contributed by atoms with E-state index >= 15 is 0 Å². The van der Waals surface area contributed by atoms with Gasteiger partial charge < -0.3 is 14.6 Å². The van der Waals surface area contributed by atoms with Crippen molar-refractivity contribution in [2.45, 2.75) is 13.3 Å². The van der Waals surface area contributed by atoms with Crippen molar-refractivity contribution in [2.24, 2.45) is 0 Å². The molecule has 0 bridgehead atoms. The summed E-state index contributed by atoms with van der Waals surface area (Å²) in [6, 6.07) is 16.7. The summed E-state index contributed by atoms with van der Waals surface area (Å²) in [5.41, 5.74) is 2.83. The lowest BCUT2D eigenvalue weighted by molar-refractivity contribution is 0.101. The fourth-order valence-electron chi connectivity index (χ4n) is 2.49. The number of nitrogens with one attached hydrogen (secondary N) is 1. The van der Waals surface area contributed by atoms with Gasteiger partial charge in [0.25, 0.3) is 5.91 Å². The Balaban J connectivity index is 1.84. The van der Waals surface area contributed by atoms with Crippen molar-refractivity contribution >= 4 is 11.6 Å². The fraction of sp³-hybridized carbons (Fsp3) is 0.158. The molecule has 1 amide bonds. The molecule has 1 heterocycles. The second-order valence-corrected chi connectivity index (χ2v) is 5.24. The van der Waals surface area contributed by atoms with Gasteiger partial charge in [0, 0.05) is 11.8 Å². The molecule has 0 saturated heterocycles. The average molecular weight is 322 g/mol. The first-order valence-electron chi connectivity index (χ1n) is 7.72. The first-order chi connectivity index (χ1) is 11.7. The molecule has 0 aliphatic heterocycles. The van der Waals surface area contributed by atoms with Crippen LogP contribution in [0.15, 0.2) is 59.1 Å². The average Bonchev–Trinajstić information content (AvgIpc) is 3.12. The Morgan fingerprint density at radius 2 is 1.92 bits per heavy atom. The molecule has 0 radical (unpaired) electrons. The molecule has 5 heteroatoms. The third-order valence-electron chi connectivity index (χ3n) is 3.76. The molecule has 3 rings (SSSR count). The van der Waals surface area contributed by atoms with Crippen molar-refractivity contribution in [3.05, 3.63) is 65.9 Å². The topological polar surface area (TPSA) is 64.4 Å². The molecule has 2 aromatic carbocycles. The van der Waals surface area contributed by atoms with Crippen LogP contribution in [-0.4, -0.2) is 18.2 Å². The highest BCUT2D eigenvalue weighted by Gasteiger charge is 2.16. The summed E-state index contributed by atoms with van der Waals surface area (Å²) in [4.78, 5) is 12.4. The summed E-state index contributed by atoms with van der Waals surface area (Å²) in [5.74, 6) is 0.846. The van der Waals surface area contributed by atoms with Crippen LogP contribution in [0.3, 0.4) is 0 Å². The second-order valence-electron chi connectivity index (χ2n) is 5.24. The van der Waals surface area contributed by atoms with Crippen molar-refractivity contribution in [1.29, 1.82) is 0 Å². The lowest BCUT2D eigenvalue weighted by Gasteiger charge is -2.07. The van der Waals surface area contributed by atoms with Gasteiger partial charge in [0.15, 0.2) is 11.5 Å². The van der Waals surface area contributed by atoms with Gasteiger partial charge in [-0.3, -0.25) is 4.79 Å². The maximum absolute atomic E-state index is 12.4. The number of carbonyl (C=O) groups excluding carboxylic acids is 1. The van der Waals surface area contributed by atoms with Gasteiger partial charge in [0.1, 0.15) is 5.75 Å². The Morgan fingerprint density at radius 1 is 1.17 bits per heavy atom. The minimum Gasteiger partial charge on any atom is -0.496 e. The minimum atomic E-state index is -0.305. The summed E-state index contributed by atoms with van der Waals surface area (Å²) in [7, 11) is 1.59. The molecule has 0 fully saturated rings. The number of carbonyl (C=O) groups is 1. The summed E-state index contributed by atoms with van der Waals surface area (Å²) in [5, 5.41) is 6.76. The zero-order valence-corrected chi connectivity index (χ0v) is 13.6. The number of rotatable bonds is 5. The van der Waals surface area contributed by atoms with Crippen molar-refractivity contribution in [3.63, 3.8) is 0 Å². The van der Waals surface area contributed by atoms with Crippen LogP contribution < -0.4 is 10.1 Å². The molecular weight excluding hydrogens is 304 g/mol. The highest BCUT2D eigenvalue weighted by Crippen LogP contribution is 2.30. The van der Waals surface area contributed by atoms with Gasteiger partial charge >= 0.3 is 0 Å². The van der Waals surface area contributed by atoms with Gasteiger partial charge in [-0.15, -0.1) is 0 Å². The van der Waals surface area contributed by atoms with E-state index in [2.05, 4.69) is 10.5 Å². The van der Waals surface area contributed by atoms with E-state index in [4.69, 9.17) is 9.26 Å². The summed E-state index contributed by atoms with van der Waals surface area (Å²) in [6.45, 7) is 2.04. The molecule has 0 unspecified atom stereocenters. The number of anilines is 1. The van der Waals surface area contributed by atoms with Gasteiger partial charge in [-0.1, -0.05) is 42.4 Å². The maximum Gasteiger partial charge on any atom is 0.277 e. The van der Waals surface area contributed by atoms with Crippen LogP contribution in [0.5, 0.6) is 5.75 Å². The van der Waals surface area contributed by atoms with E-state index in [-0.39, 0.29) is 11.6 Å². The van der Waals surface area contributed by atoms with Crippen LogP contribution in [0.1, 0.15) is 23.0 Å². The Kier molecular flexibility index (Phi) is 4.61. The number of amides is 1. The number of nitrogens with zero attached hydrogens (tertiary/aromatic N) is 1. The van der Waals surface area contributed by atoms with Crippen LogP contribution >= 0.6 is 0 Å². The SMILES string of the molecule is CCc1ccccc1NC(=O)c1cc(-c2ccccc2OC)on1. The number of hydrogen-bond acceptors (Lipinski definition) is 4. The fourth-order valence-corrected chi connectivity index (χ4v) is 2.49. The van der Waals surface area contributed by atoms with Crippen LogP contribution in [-0.2, 0) is 6.42 Å². The Labute approximate surface area is 140 Å². The summed E-state index contributed by atoms with van der Waals surface area (Å²) in [6.07, 6.45) is 0.835. The van der Waals surface area contributed by atoms with E-state index in [9.17, 15) is 4.79 Å². The Hall–Kier alpha value is -3.08. The number of benzene rings is 2. The van der Waals surface area contributed by atoms with Gasteiger partial charge in [0.05, 0.1) is 12.7 Å². The Morgan fingerprint density at radius 3 is 2.71 bits per heavy atom. The summed E-state index contributed by atoms with van der Waals surface area (Å²) >= 11 is 0. The molecule has 5 nitrogen and oxygen atoms in total. The monoisotopic (exact) mass is 322 g/mol. The van der Waals surface area contributed by atoms with E-state index in [1.54, 1.807) is 13.2 Å². The number of aryl methyl sites for hydroxylation is 1. The standard InChI is InChI=1S/C19H18N2O3/c1-3-13-8-4-6-10-15(13)20-19(22)16-12-18(24-21-16)14-9-5-7-11-17(14)23-2/h4-12H,3H2,1-2H3,(H,20,22). The number of aromatic nitrogens is 1. The smallest absolute Gasteiger partial charge is 0.277 e. The first kappa shape index (κ1) is 15.8. The van der Waals surface area contributed by atoms with Crippen LogP contribution in [0.4, 0.5) is 5.69 Å². The predicted octanol–water partition coefficient (Wildman–Crippen LogP) is 4.16. The van der Waals surface area contributed by atoms with Gasteiger partial charge in [-0.25, -0.2) is 0 Å². The van der Waals surface area contributed by atoms with E-state index < -0.39 is 0 Å². The maximum atomic E-state index is 12.4. The Bertz CT molecular complexity index is 855. The van der Waals surface area contributed by atoms with E-state index in [0.29, 0.717) is 11.5 Å². The molecule has 1 aromatic heterocycles. The van der Waals surface area contributed by atoms with E-state index in [1.165, 1.54) is 0 Å². The highest BCUT2D eigenvalue weighted by molar-refractivity contribution is 6.03. The van der Waals surface area contributed by atoms with Crippen LogP contribution in [0.25, 0.3) is 11.3 Å². The van der Waals surface area contributed by atoms with Crippen molar-refractivity contribution < 1.29 is 14.1 Å². The van der Waals surface area contributed by atoms with Crippen molar-refractivity contribution in [1.82, 2.24) is 5.16 Å². The zero-order valence-electron chi connectivity index (χ0n) is 13.6. The van der Waals surface area contributed by atoms with Crippen molar-refractivity contribution in [3.8, 4) is 17.1 Å². The van der Waals surface area contributed by atoms with Crippen molar-refractivity contribution in [2.75, 3.05) is 12.4 Å². The van der Waals surface area contributed by atoms with Gasteiger partial charge in [-0.2, -0.15) is 0 Å². The van der Waals surface area contributed by atoms with E-state index in [0.717, 1.165) is 23.2 Å². The number of methoxy groups -OCH3 is 1. The quantitative estimate of drug-likeness (QED) is 0.766. The molecule has 24 heavy (non-hydrogen) atoms. The van der Waals surface area contributed by atoms with Gasteiger partial charge in [-0.05, 0) is 30.2 Å².